The zero-order valence-corrected chi connectivity index (χ0v) is 14.1. The van der Waals surface area contributed by atoms with Crippen molar-refractivity contribution in [2.75, 3.05) is 20.7 Å². The molecule has 0 saturated carbocycles. The molecule has 0 amide bonds. The highest BCUT2D eigenvalue weighted by Gasteiger charge is 2.65. The molecule has 4 aliphatic rings. The average Bonchev–Trinajstić information content (AvgIpc) is 2.88. The number of likely N-dealkylation sites (N-methyl/N-ethyl adjacent to an activating group) is 1. The van der Waals surface area contributed by atoms with Crippen molar-refractivity contribution < 1.29 is 31.9 Å². The Hall–Kier alpha value is -1.23. The van der Waals surface area contributed by atoms with Crippen LogP contribution in [-0.4, -0.2) is 44.1 Å². The van der Waals surface area contributed by atoms with Gasteiger partial charge in [0.2, 0.25) is 0 Å². The first-order valence-electron chi connectivity index (χ1n) is 8.22. The van der Waals surface area contributed by atoms with Gasteiger partial charge in [0.15, 0.2) is 11.5 Å². The molecule has 5 rings (SSSR count). The summed E-state index contributed by atoms with van der Waals surface area (Å²) in [5, 5.41) is 10.6. The Morgan fingerprint density at radius 2 is 2.17 bits per heavy atom. The molecule has 6 atom stereocenters. The number of nitrogens with one attached hydrogen (secondary N) is 1. The molecule has 2 bridgehead atoms. The summed E-state index contributed by atoms with van der Waals surface area (Å²) < 4.78 is 11.8. The molecule has 2 unspecified atom stereocenters. The van der Waals surface area contributed by atoms with Gasteiger partial charge in [-0.3, -0.25) is 0 Å². The van der Waals surface area contributed by atoms with Crippen LogP contribution in [-0.2, 0) is 11.8 Å². The van der Waals surface area contributed by atoms with Crippen LogP contribution >= 0.6 is 0 Å². The summed E-state index contributed by atoms with van der Waals surface area (Å²) in [6.45, 7) is 1.14. The van der Waals surface area contributed by atoms with Crippen molar-refractivity contribution in [3.8, 4) is 11.5 Å². The lowest BCUT2D eigenvalue weighted by Crippen LogP contribution is -3.16. The quantitative estimate of drug-likeness (QED) is 0.541. The van der Waals surface area contributed by atoms with Gasteiger partial charge in [0.1, 0.15) is 12.2 Å². The monoisotopic (exact) mass is 335 g/mol. The number of ether oxygens (including phenoxy) is 2. The number of hydrogen-bond donors (Lipinski definition) is 2. The Labute approximate surface area is 142 Å². The molecule has 1 aromatic rings. The summed E-state index contributed by atoms with van der Waals surface area (Å²) in [4.78, 5) is 1.60. The summed E-state index contributed by atoms with van der Waals surface area (Å²) >= 11 is 0. The lowest BCUT2D eigenvalue weighted by atomic mass is 9.53. The maximum atomic E-state index is 10.6. The number of aliphatic hydroxyl groups is 1. The van der Waals surface area contributed by atoms with Crippen molar-refractivity contribution in [3.05, 3.63) is 35.4 Å². The highest BCUT2D eigenvalue weighted by atomic mass is 35.5. The largest absolute Gasteiger partial charge is 1.00 e. The standard InChI is InChI=1S/C18H21NO3.ClH/c1-19-8-7-18-11-4-5-13(20)17(18)22-16-14(21-2)6-3-10(15(16)18)9-12(11)19;/h3-6,11-13,17,20H,7-9H2,1-2H3;1H/t11-,12-,13-,17?,18-;/m0./s1. The van der Waals surface area contributed by atoms with Crippen LogP contribution in [0, 0.1) is 5.92 Å². The summed E-state index contributed by atoms with van der Waals surface area (Å²) in [5.74, 6) is 2.14. The van der Waals surface area contributed by atoms with Gasteiger partial charge in [-0.05, 0) is 11.6 Å². The molecule has 23 heavy (non-hydrogen) atoms. The van der Waals surface area contributed by atoms with Crippen LogP contribution in [0.1, 0.15) is 17.5 Å². The fourth-order valence-electron chi connectivity index (χ4n) is 5.53. The predicted octanol–water partition coefficient (Wildman–Crippen LogP) is -2.91. The highest BCUT2D eigenvalue weighted by Crippen LogP contribution is 2.60. The van der Waals surface area contributed by atoms with Gasteiger partial charge in [0.25, 0.3) is 0 Å². The van der Waals surface area contributed by atoms with Gasteiger partial charge in [0.05, 0.1) is 32.2 Å². The van der Waals surface area contributed by atoms with Crippen LogP contribution in [0.3, 0.4) is 0 Å². The van der Waals surface area contributed by atoms with Crippen molar-refractivity contribution in [2.45, 2.75) is 36.5 Å². The molecule has 0 aromatic heterocycles. The SMILES string of the molecule is COc1ccc2c3c1OC1[C@@H](O)C=C[C@H]4[C@H](C2)[NH+](C)CC[C@]314.[Cl-]. The molecular weight excluding hydrogens is 314 g/mol. The van der Waals surface area contributed by atoms with Crippen LogP contribution in [0.5, 0.6) is 11.5 Å². The Bertz CT molecular complexity index is 691. The van der Waals surface area contributed by atoms with Crippen molar-refractivity contribution in [3.63, 3.8) is 0 Å². The second-order valence-corrected chi connectivity index (χ2v) is 7.27. The maximum Gasteiger partial charge on any atom is 0.165 e. The first-order valence-corrected chi connectivity index (χ1v) is 8.22. The van der Waals surface area contributed by atoms with Crippen molar-refractivity contribution in [1.29, 1.82) is 0 Å². The van der Waals surface area contributed by atoms with Gasteiger partial charge in [-0.15, -0.1) is 0 Å². The van der Waals surface area contributed by atoms with E-state index >= 15 is 0 Å². The molecule has 4 nitrogen and oxygen atoms in total. The third kappa shape index (κ3) is 1.64. The van der Waals surface area contributed by atoms with E-state index in [1.165, 1.54) is 11.1 Å². The normalized spacial score (nSPS) is 41.6. The molecule has 2 heterocycles. The average molecular weight is 336 g/mol. The second kappa shape index (κ2) is 4.88. The lowest BCUT2D eigenvalue weighted by molar-refractivity contribution is -0.917. The van der Waals surface area contributed by atoms with E-state index < -0.39 is 6.10 Å². The van der Waals surface area contributed by atoms with Gasteiger partial charge in [-0.25, -0.2) is 0 Å². The molecule has 1 spiro atoms. The van der Waals surface area contributed by atoms with Gasteiger partial charge in [0, 0.05) is 24.3 Å². The Balaban J connectivity index is 0.00000135. The van der Waals surface area contributed by atoms with Crippen LogP contribution in [0.15, 0.2) is 24.3 Å². The van der Waals surface area contributed by atoms with Crippen molar-refractivity contribution in [1.82, 2.24) is 0 Å². The van der Waals surface area contributed by atoms with Crippen LogP contribution in [0.2, 0.25) is 0 Å². The Kier molecular flexibility index (Phi) is 3.25. The summed E-state index contributed by atoms with van der Waals surface area (Å²) in [6.07, 6.45) is 5.67. The number of halogens is 1. The molecule has 124 valence electrons. The number of piperidine rings is 1. The van der Waals surface area contributed by atoms with E-state index in [9.17, 15) is 5.11 Å². The third-order valence-electron chi connectivity index (χ3n) is 6.51. The number of aliphatic hydroxyl groups excluding tert-OH is 1. The van der Waals surface area contributed by atoms with E-state index in [0.717, 1.165) is 30.9 Å². The van der Waals surface area contributed by atoms with Crippen LogP contribution in [0.4, 0.5) is 0 Å². The number of benzene rings is 1. The predicted molar refractivity (Wildman–Crippen MR) is 81.6 cm³/mol. The minimum Gasteiger partial charge on any atom is -1.00 e. The van der Waals surface area contributed by atoms with Crippen LogP contribution < -0.4 is 26.8 Å². The second-order valence-electron chi connectivity index (χ2n) is 7.27. The number of likely N-dealkylation sites (tertiary alicyclic amines) is 1. The number of hydrogen-bond acceptors (Lipinski definition) is 3. The lowest BCUT2D eigenvalue weighted by Gasteiger charge is -2.54. The van der Waals surface area contributed by atoms with E-state index in [2.05, 4.69) is 19.2 Å². The first kappa shape index (κ1) is 15.3. The van der Waals surface area contributed by atoms with Gasteiger partial charge in [-0.2, -0.15) is 0 Å². The summed E-state index contributed by atoms with van der Waals surface area (Å²) in [5.41, 5.74) is 2.66. The van der Waals surface area contributed by atoms with Gasteiger partial charge in [-0.1, -0.05) is 18.2 Å². The summed E-state index contributed by atoms with van der Waals surface area (Å²) in [7, 11) is 3.99. The molecule has 1 saturated heterocycles. The number of rotatable bonds is 1. The minimum absolute atomic E-state index is 0. The van der Waals surface area contributed by atoms with E-state index in [1.54, 1.807) is 12.0 Å². The zero-order valence-electron chi connectivity index (χ0n) is 13.4. The Morgan fingerprint density at radius 1 is 1.35 bits per heavy atom. The maximum absolute atomic E-state index is 10.6. The fourth-order valence-corrected chi connectivity index (χ4v) is 5.53. The fraction of sp³-hybridized carbons (Fsp3) is 0.556. The first-order chi connectivity index (χ1) is 10.7. The molecule has 2 aliphatic heterocycles. The molecule has 0 radical (unpaired) electrons. The highest BCUT2D eigenvalue weighted by molar-refractivity contribution is 5.61. The van der Waals surface area contributed by atoms with E-state index in [-0.39, 0.29) is 23.9 Å². The van der Waals surface area contributed by atoms with E-state index in [0.29, 0.717) is 12.0 Å². The van der Waals surface area contributed by atoms with Crippen LogP contribution in [0.25, 0.3) is 0 Å². The molecule has 1 fully saturated rings. The molecule has 2 N–H and O–H groups in total. The van der Waals surface area contributed by atoms with E-state index in [1.807, 2.05) is 12.1 Å². The minimum atomic E-state index is -0.529. The van der Waals surface area contributed by atoms with Crippen molar-refractivity contribution >= 4 is 0 Å². The third-order valence-corrected chi connectivity index (χ3v) is 6.51. The van der Waals surface area contributed by atoms with Crippen molar-refractivity contribution in [2.24, 2.45) is 5.92 Å². The topological polar surface area (TPSA) is 43.1 Å². The van der Waals surface area contributed by atoms with Gasteiger partial charge < -0.3 is 31.9 Å². The Morgan fingerprint density at radius 3 is 2.96 bits per heavy atom. The zero-order chi connectivity index (χ0) is 15.1. The summed E-state index contributed by atoms with van der Waals surface area (Å²) in [6, 6.07) is 4.81. The molecule has 2 aliphatic carbocycles. The molecular formula is C18H22ClNO3. The molecule has 5 heteroatoms. The van der Waals surface area contributed by atoms with E-state index in [4.69, 9.17) is 9.47 Å². The smallest absolute Gasteiger partial charge is 0.165 e. The number of quaternary nitrogens is 1. The molecule has 1 aromatic carbocycles. The number of methoxy groups -OCH3 is 1. The van der Waals surface area contributed by atoms with Gasteiger partial charge >= 0.3 is 0 Å².